The van der Waals surface area contributed by atoms with E-state index in [9.17, 15) is 4.79 Å². The van der Waals surface area contributed by atoms with Gasteiger partial charge in [0.2, 0.25) is 0 Å². The molecule has 0 saturated carbocycles. The number of hydrogen-bond acceptors (Lipinski definition) is 3. The number of aromatic nitrogens is 2. The van der Waals surface area contributed by atoms with E-state index in [2.05, 4.69) is 5.10 Å². The fourth-order valence-electron chi connectivity index (χ4n) is 2.99. The molecular weight excluding hydrogens is 326 g/mol. The van der Waals surface area contributed by atoms with Crippen molar-refractivity contribution in [3.63, 3.8) is 0 Å². The summed E-state index contributed by atoms with van der Waals surface area (Å²) in [4.78, 5) is 14.4. The van der Waals surface area contributed by atoms with Gasteiger partial charge in [-0.15, -0.1) is 0 Å². The fraction of sp³-hybridized carbons (Fsp3) is 0.444. The van der Waals surface area contributed by atoms with Gasteiger partial charge in [-0.2, -0.15) is 5.10 Å². The van der Waals surface area contributed by atoms with Crippen molar-refractivity contribution < 1.29 is 9.53 Å². The van der Waals surface area contributed by atoms with Crippen LogP contribution in [0.1, 0.15) is 35.9 Å². The van der Waals surface area contributed by atoms with Crippen molar-refractivity contribution in [2.45, 2.75) is 39.3 Å². The third-order valence-electron chi connectivity index (χ3n) is 4.36. The van der Waals surface area contributed by atoms with Crippen LogP contribution in [0.3, 0.4) is 0 Å². The highest BCUT2D eigenvalue weighted by Gasteiger charge is 2.26. The SMILES string of the molecule is CCn1nc(C(=O)N2CCC(Oc3ccccc3Cl)CC2)cc1C. The molecule has 2 heterocycles. The summed E-state index contributed by atoms with van der Waals surface area (Å²) in [6.45, 7) is 6.10. The van der Waals surface area contributed by atoms with Gasteiger partial charge in [0.05, 0.1) is 5.02 Å². The smallest absolute Gasteiger partial charge is 0.274 e. The molecule has 5 nitrogen and oxygen atoms in total. The fourth-order valence-corrected chi connectivity index (χ4v) is 3.17. The molecule has 0 spiro atoms. The Kier molecular flexibility index (Phi) is 5.09. The predicted octanol–water partition coefficient (Wildman–Crippen LogP) is 3.55. The van der Waals surface area contributed by atoms with Crippen LogP contribution in [0.2, 0.25) is 5.02 Å². The molecule has 24 heavy (non-hydrogen) atoms. The molecule has 0 unspecified atom stereocenters. The first-order chi connectivity index (χ1) is 11.6. The van der Waals surface area contributed by atoms with Gasteiger partial charge in [-0.25, -0.2) is 0 Å². The first-order valence-corrected chi connectivity index (χ1v) is 8.71. The number of carbonyl (C=O) groups excluding carboxylic acids is 1. The molecule has 2 aromatic rings. The van der Waals surface area contributed by atoms with E-state index in [0.717, 1.165) is 25.1 Å². The van der Waals surface area contributed by atoms with Gasteiger partial charge in [-0.3, -0.25) is 9.48 Å². The van der Waals surface area contributed by atoms with Crippen molar-refractivity contribution in [2.75, 3.05) is 13.1 Å². The molecule has 0 N–H and O–H groups in total. The summed E-state index contributed by atoms with van der Waals surface area (Å²) in [7, 11) is 0. The number of likely N-dealkylation sites (tertiary alicyclic amines) is 1. The molecule has 0 aliphatic carbocycles. The summed E-state index contributed by atoms with van der Waals surface area (Å²) < 4.78 is 7.82. The predicted molar refractivity (Wildman–Crippen MR) is 93.6 cm³/mol. The molecule has 128 valence electrons. The summed E-state index contributed by atoms with van der Waals surface area (Å²) in [6.07, 6.45) is 1.68. The van der Waals surface area contributed by atoms with Crippen LogP contribution in [0, 0.1) is 6.92 Å². The van der Waals surface area contributed by atoms with Crippen molar-refractivity contribution in [1.29, 1.82) is 0 Å². The third-order valence-corrected chi connectivity index (χ3v) is 4.67. The number of carbonyl (C=O) groups is 1. The van der Waals surface area contributed by atoms with Crippen LogP contribution in [0.15, 0.2) is 30.3 Å². The summed E-state index contributed by atoms with van der Waals surface area (Å²) in [6, 6.07) is 9.35. The number of rotatable bonds is 4. The van der Waals surface area contributed by atoms with Gasteiger partial charge < -0.3 is 9.64 Å². The number of amides is 1. The normalized spacial score (nSPS) is 15.5. The maximum absolute atomic E-state index is 12.6. The van der Waals surface area contributed by atoms with E-state index in [1.54, 1.807) is 0 Å². The monoisotopic (exact) mass is 347 g/mol. The number of para-hydroxylation sites is 1. The average molecular weight is 348 g/mol. The molecule has 1 aliphatic rings. The van der Waals surface area contributed by atoms with E-state index in [1.807, 2.05) is 53.8 Å². The summed E-state index contributed by atoms with van der Waals surface area (Å²) in [5.74, 6) is 0.711. The Bertz CT molecular complexity index is 721. The highest BCUT2D eigenvalue weighted by Crippen LogP contribution is 2.27. The van der Waals surface area contributed by atoms with Crippen molar-refractivity contribution in [2.24, 2.45) is 0 Å². The molecule has 1 fully saturated rings. The lowest BCUT2D eigenvalue weighted by atomic mass is 10.1. The van der Waals surface area contributed by atoms with Gasteiger partial charge in [-0.05, 0) is 32.0 Å². The lowest BCUT2D eigenvalue weighted by Crippen LogP contribution is -2.42. The lowest BCUT2D eigenvalue weighted by Gasteiger charge is -2.32. The van der Waals surface area contributed by atoms with E-state index in [4.69, 9.17) is 16.3 Å². The van der Waals surface area contributed by atoms with E-state index < -0.39 is 0 Å². The van der Waals surface area contributed by atoms with Crippen LogP contribution < -0.4 is 4.74 Å². The Balaban J connectivity index is 1.58. The molecule has 0 radical (unpaired) electrons. The van der Waals surface area contributed by atoms with Crippen LogP contribution in [0.25, 0.3) is 0 Å². The molecule has 1 saturated heterocycles. The van der Waals surface area contributed by atoms with Crippen molar-refractivity contribution in [3.8, 4) is 5.75 Å². The van der Waals surface area contributed by atoms with Gasteiger partial charge in [0, 0.05) is 38.2 Å². The zero-order chi connectivity index (χ0) is 17.1. The van der Waals surface area contributed by atoms with Gasteiger partial charge in [-0.1, -0.05) is 23.7 Å². The summed E-state index contributed by atoms with van der Waals surface area (Å²) >= 11 is 6.13. The Morgan fingerprint density at radius 3 is 2.67 bits per heavy atom. The number of benzene rings is 1. The minimum Gasteiger partial charge on any atom is -0.489 e. The highest BCUT2D eigenvalue weighted by atomic mass is 35.5. The zero-order valence-electron chi connectivity index (χ0n) is 14.0. The number of nitrogens with zero attached hydrogens (tertiary/aromatic N) is 3. The van der Waals surface area contributed by atoms with Crippen molar-refractivity contribution in [1.82, 2.24) is 14.7 Å². The molecule has 1 amide bonds. The van der Waals surface area contributed by atoms with Gasteiger partial charge in [0.15, 0.2) is 5.69 Å². The van der Waals surface area contributed by atoms with E-state index in [-0.39, 0.29) is 12.0 Å². The number of hydrogen-bond donors (Lipinski definition) is 0. The van der Waals surface area contributed by atoms with Crippen LogP contribution in [-0.4, -0.2) is 39.8 Å². The maximum Gasteiger partial charge on any atom is 0.274 e. The summed E-state index contributed by atoms with van der Waals surface area (Å²) in [5.41, 5.74) is 1.54. The topological polar surface area (TPSA) is 47.4 Å². The molecule has 0 bridgehead atoms. The molecule has 1 aromatic carbocycles. The van der Waals surface area contributed by atoms with Crippen LogP contribution >= 0.6 is 11.6 Å². The Morgan fingerprint density at radius 1 is 1.33 bits per heavy atom. The average Bonchev–Trinajstić information content (AvgIpc) is 2.98. The first kappa shape index (κ1) is 16.8. The van der Waals surface area contributed by atoms with Crippen molar-refractivity contribution >= 4 is 17.5 Å². The minimum absolute atomic E-state index is 0.00138. The van der Waals surface area contributed by atoms with Crippen LogP contribution in [-0.2, 0) is 6.54 Å². The molecule has 0 atom stereocenters. The number of piperidine rings is 1. The minimum atomic E-state index is 0.00138. The Morgan fingerprint density at radius 2 is 2.04 bits per heavy atom. The van der Waals surface area contributed by atoms with Gasteiger partial charge in [0.1, 0.15) is 11.9 Å². The molecular formula is C18H22ClN3O2. The van der Waals surface area contributed by atoms with E-state index in [0.29, 0.717) is 29.6 Å². The van der Waals surface area contributed by atoms with Crippen LogP contribution in [0.4, 0.5) is 0 Å². The van der Waals surface area contributed by atoms with E-state index >= 15 is 0 Å². The number of halogens is 1. The highest BCUT2D eigenvalue weighted by molar-refractivity contribution is 6.32. The molecule has 1 aromatic heterocycles. The Labute approximate surface area is 147 Å². The maximum atomic E-state index is 12.6. The van der Waals surface area contributed by atoms with Gasteiger partial charge >= 0.3 is 0 Å². The zero-order valence-corrected chi connectivity index (χ0v) is 14.8. The first-order valence-electron chi connectivity index (χ1n) is 8.33. The third kappa shape index (κ3) is 3.56. The van der Waals surface area contributed by atoms with Crippen molar-refractivity contribution in [3.05, 3.63) is 46.7 Å². The summed E-state index contributed by atoms with van der Waals surface area (Å²) in [5, 5.41) is 5.00. The lowest BCUT2D eigenvalue weighted by molar-refractivity contribution is 0.0589. The van der Waals surface area contributed by atoms with Gasteiger partial charge in [0.25, 0.3) is 5.91 Å². The second-order valence-electron chi connectivity index (χ2n) is 6.03. The molecule has 6 heteroatoms. The van der Waals surface area contributed by atoms with E-state index in [1.165, 1.54) is 0 Å². The van der Waals surface area contributed by atoms with Crippen LogP contribution in [0.5, 0.6) is 5.75 Å². The Hall–Kier alpha value is -2.01. The second kappa shape index (κ2) is 7.26. The molecule has 3 rings (SSSR count). The second-order valence-corrected chi connectivity index (χ2v) is 6.43. The largest absolute Gasteiger partial charge is 0.489 e. The standard InChI is InChI=1S/C18H22ClN3O2/c1-3-22-13(2)12-16(20-22)18(23)21-10-8-14(9-11-21)24-17-7-5-4-6-15(17)19/h4-7,12,14H,3,8-11H2,1-2H3. The number of ether oxygens (including phenoxy) is 1. The molecule has 1 aliphatic heterocycles. The number of aryl methyl sites for hydroxylation is 2. The quantitative estimate of drug-likeness (QED) is 0.849.